The Balaban J connectivity index is 1.55. The minimum Gasteiger partial charge on any atom is -0.325 e. The van der Waals surface area contributed by atoms with Crippen LogP contribution in [-0.4, -0.2) is 41.3 Å². The molecule has 0 unspecified atom stereocenters. The molecule has 132 valence electrons. The van der Waals surface area contributed by atoms with Crippen molar-refractivity contribution in [2.24, 2.45) is 0 Å². The zero-order chi connectivity index (χ0) is 17.5. The second-order valence-electron chi connectivity index (χ2n) is 6.15. The summed E-state index contributed by atoms with van der Waals surface area (Å²) in [6.45, 7) is 2.38. The van der Waals surface area contributed by atoms with Crippen molar-refractivity contribution >= 4 is 34.5 Å². The van der Waals surface area contributed by atoms with E-state index in [9.17, 15) is 9.59 Å². The number of benzene rings is 1. The Bertz CT molecular complexity index is 710. The lowest BCUT2D eigenvalue weighted by Gasteiger charge is -2.19. The number of thiazole rings is 1. The summed E-state index contributed by atoms with van der Waals surface area (Å²) in [7, 11) is 0. The zero-order valence-electron chi connectivity index (χ0n) is 14.0. The highest BCUT2D eigenvalue weighted by molar-refractivity contribution is 7.07. The SMILES string of the molecule is O=C(CN1CCCCCC1)Nc1cccc(NC(=O)c2cscn2)c1. The number of amides is 2. The van der Waals surface area contributed by atoms with Gasteiger partial charge in [0.15, 0.2) is 0 Å². The largest absolute Gasteiger partial charge is 0.325 e. The van der Waals surface area contributed by atoms with Crippen LogP contribution in [0.3, 0.4) is 0 Å². The van der Waals surface area contributed by atoms with Gasteiger partial charge in [-0.1, -0.05) is 18.9 Å². The maximum Gasteiger partial charge on any atom is 0.275 e. The highest BCUT2D eigenvalue weighted by Crippen LogP contribution is 2.17. The number of hydrogen-bond acceptors (Lipinski definition) is 5. The second kappa shape index (κ2) is 8.73. The monoisotopic (exact) mass is 358 g/mol. The quantitative estimate of drug-likeness (QED) is 0.861. The number of likely N-dealkylation sites (tertiary alicyclic amines) is 1. The molecule has 0 spiro atoms. The lowest BCUT2D eigenvalue weighted by molar-refractivity contribution is -0.117. The number of carbonyl (C=O) groups excluding carboxylic acids is 2. The summed E-state index contributed by atoms with van der Waals surface area (Å²) in [6, 6.07) is 7.16. The molecule has 2 amide bonds. The molecule has 1 aromatic heterocycles. The molecule has 0 atom stereocenters. The minimum absolute atomic E-state index is 0.0233. The van der Waals surface area contributed by atoms with Gasteiger partial charge in [0.2, 0.25) is 5.91 Å². The predicted molar refractivity (Wildman–Crippen MR) is 100 cm³/mol. The van der Waals surface area contributed by atoms with Crippen LogP contribution < -0.4 is 10.6 Å². The summed E-state index contributed by atoms with van der Waals surface area (Å²) in [5.74, 6) is -0.279. The standard InChI is InChI=1S/C18H22N4O2S/c23-17(11-22-8-3-1-2-4-9-22)20-14-6-5-7-15(10-14)21-18(24)16-12-25-13-19-16/h5-7,10,12-13H,1-4,8-9,11H2,(H,20,23)(H,21,24). The Morgan fingerprint density at radius 2 is 1.80 bits per heavy atom. The number of rotatable bonds is 5. The summed E-state index contributed by atoms with van der Waals surface area (Å²) < 4.78 is 0. The van der Waals surface area contributed by atoms with Crippen LogP contribution in [0.1, 0.15) is 36.2 Å². The molecular weight excluding hydrogens is 336 g/mol. The summed E-state index contributed by atoms with van der Waals surface area (Å²) in [5.41, 5.74) is 3.32. The molecule has 7 heteroatoms. The van der Waals surface area contributed by atoms with Crippen LogP contribution in [0.25, 0.3) is 0 Å². The fourth-order valence-corrected chi connectivity index (χ4v) is 3.42. The van der Waals surface area contributed by atoms with E-state index in [0.717, 1.165) is 25.9 Å². The molecule has 0 aliphatic carbocycles. The number of anilines is 2. The van der Waals surface area contributed by atoms with Crippen LogP contribution in [0.4, 0.5) is 11.4 Å². The molecule has 1 saturated heterocycles. The molecule has 2 heterocycles. The van der Waals surface area contributed by atoms with Crippen LogP contribution in [0, 0.1) is 0 Å². The molecule has 1 fully saturated rings. The molecule has 6 nitrogen and oxygen atoms in total. The lowest BCUT2D eigenvalue weighted by Crippen LogP contribution is -2.33. The third-order valence-corrected chi connectivity index (χ3v) is 4.72. The topological polar surface area (TPSA) is 74.3 Å². The van der Waals surface area contributed by atoms with Crippen LogP contribution in [0.2, 0.25) is 0 Å². The third-order valence-electron chi connectivity index (χ3n) is 4.14. The van der Waals surface area contributed by atoms with Crippen molar-refractivity contribution in [3.63, 3.8) is 0 Å². The van der Waals surface area contributed by atoms with Gasteiger partial charge in [0.1, 0.15) is 5.69 Å². The van der Waals surface area contributed by atoms with Gasteiger partial charge in [-0.25, -0.2) is 4.98 Å². The van der Waals surface area contributed by atoms with Gasteiger partial charge in [0, 0.05) is 16.8 Å². The van der Waals surface area contributed by atoms with E-state index in [2.05, 4.69) is 20.5 Å². The van der Waals surface area contributed by atoms with E-state index in [0.29, 0.717) is 23.6 Å². The lowest BCUT2D eigenvalue weighted by atomic mass is 10.2. The van der Waals surface area contributed by atoms with Crippen LogP contribution in [0.5, 0.6) is 0 Å². The Labute approximate surface area is 151 Å². The van der Waals surface area contributed by atoms with E-state index < -0.39 is 0 Å². The summed E-state index contributed by atoms with van der Waals surface area (Å²) in [5, 5.41) is 7.40. The average Bonchev–Trinajstić information content (AvgIpc) is 3.01. The highest BCUT2D eigenvalue weighted by Gasteiger charge is 2.13. The molecule has 2 aromatic rings. The van der Waals surface area contributed by atoms with Crippen LogP contribution in [-0.2, 0) is 4.79 Å². The van der Waals surface area contributed by atoms with Crippen molar-refractivity contribution in [2.75, 3.05) is 30.3 Å². The van der Waals surface area contributed by atoms with Gasteiger partial charge in [-0.15, -0.1) is 11.3 Å². The molecule has 2 N–H and O–H groups in total. The van der Waals surface area contributed by atoms with Crippen LogP contribution in [0.15, 0.2) is 35.2 Å². The van der Waals surface area contributed by atoms with E-state index in [4.69, 9.17) is 0 Å². The molecule has 1 aliphatic rings. The van der Waals surface area contributed by atoms with Crippen molar-refractivity contribution in [3.8, 4) is 0 Å². The summed E-state index contributed by atoms with van der Waals surface area (Å²) in [4.78, 5) is 30.5. The van der Waals surface area contributed by atoms with Gasteiger partial charge in [0.05, 0.1) is 12.1 Å². The molecule has 25 heavy (non-hydrogen) atoms. The number of hydrogen-bond donors (Lipinski definition) is 2. The van der Waals surface area contributed by atoms with Gasteiger partial charge in [-0.05, 0) is 44.1 Å². The van der Waals surface area contributed by atoms with E-state index in [1.807, 2.05) is 6.07 Å². The third kappa shape index (κ3) is 5.37. The van der Waals surface area contributed by atoms with Crippen LogP contribution >= 0.6 is 11.3 Å². The molecule has 3 rings (SSSR count). The molecule has 1 aromatic carbocycles. The Hall–Kier alpha value is -2.25. The fraction of sp³-hybridized carbons (Fsp3) is 0.389. The first-order chi connectivity index (χ1) is 12.2. The average molecular weight is 358 g/mol. The fourth-order valence-electron chi connectivity index (χ4n) is 2.89. The van der Waals surface area contributed by atoms with Crippen molar-refractivity contribution in [3.05, 3.63) is 40.8 Å². The number of aromatic nitrogens is 1. The molecule has 0 bridgehead atoms. The van der Waals surface area contributed by atoms with E-state index >= 15 is 0 Å². The summed E-state index contributed by atoms with van der Waals surface area (Å²) in [6.07, 6.45) is 4.81. The van der Waals surface area contributed by atoms with Gasteiger partial charge >= 0.3 is 0 Å². The molecule has 0 saturated carbocycles. The van der Waals surface area contributed by atoms with E-state index in [1.54, 1.807) is 29.1 Å². The first kappa shape index (κ1) is 17.6. The van der Waals surface area contributed by atoms with Gasteiger partial charge < -0.3 is 10.6 Å². The van der Waals surface area contributed by atoms with Crippen molar-refractivity contribution in [1.82, 2.24) is 9.88 Å². The Morgan fingerprint density at radius 1 is 1.08 bits per heavy atom. The van der Waals surface area contributed by atoms with Crippen molar-refractivity contribution in [1.29, 1.82) is 0 Å². The first-order valence-corrected chi connectivity index (χ1v) is 9.47. The summed E-state index contributed by atoms with van der Waals surface area (Å²) >= 11 is 1.37. The highest BCUT2D eigenvalue weighted by atomic mass is 32.1. The molecular formula is C18H22N4O2S. The van der Waals surface area contributed by atoms with Crippen molar-refractivity contribution in [2.45, 2.75) is 25.7 Å². The van der Waals surface area contributed by atoms with Gasteiger partial charge in [-0.3, -0.25) is 14.5 Å². The predicted octanol–water partition coefficient (Wildman–Crippen LogP) is 3.21. The number of nitrogens with one attached hydrogen (secondary N) is 2. The number of nitrogens with zero attached hydrogens (tertiary/aromatic N) is 2. The van der Waals surface area contributed by atoms with Crippen molar-refractivity contribution < 1.29 is 9.59 Å². The normalized spacial score (nSPS) is 15.4. The smallest absolute Gasteiger partial charge is 0.275 e. The molecule has 0 radical (unpaired) electrons. The van der Waals surface area contributed by atoms with E-state index in [-0.39, 0.29) is 11.8 Å². The van der Waals surface area contributed by atoms with E-state index in [1.165, 1.54) is 24.2 Å². The maximum absolute atomic E-state index is 12.3. The Morgan fingerprint density at radius 3 is 2.48 bits per heavy atom. The second-order valence-corrected chi connectivity index (χ2v) is 6.87. The maximum atomic E-state index is 12.3. The van der Waals surface area contributed by atoms with Gasteiger partial charge in [-0.2, -0.15) is 0 Å². The Kier molecular flexibility index (Phi) is 6.14. The molecule has 1 aliphatic heterocycles. The minimum atomic E-state index is -0.255. The number of carbonyl (C=O) groups is 2. The first-order valence-electron chi connectivity index (χ1n) is 8.52. The zero-order valence-corrected chi connectivity index (χ0v) is 14.8. The van der Waals surface area contributed by atoms with Gasteiger partial charge in [0.25, 0.3) is 5.91 Å².